The second kappa shape index (κ2) is 6.43. The van der Waals surface area contributed by atoms with Crippen molar-refractivity contribution in [3.8, 4) is 11.6 Å². The molecular formula is C20H16N2OS2. The normalized spacial score (nSPS) is 14.2. The van der Waals surface area contributed by atoms with Crippen molar-refractivity contribution in [2.24, 2.45) is 4.99 Å². The molecule has 2 heterocycles. The monoisotopic (exact) mass is 364 g/mol. The Morgan fingerprint density at radius 2 is 1.92 bits per heavy atom. The van der Waals surface area contributed by atoms with Gasteiger partial charge in [-0.05, 0) is 48.5 Å². The minimum Gasteiger partial charge on any atom is -0.493 e. The molecule has 0 bridgehead atoms. The van der Waals surface area contributed by atoms with Gasteiger partial charge in [-0.25, -0.2) is 0 Å². The zero-order valence-electron chi connectivity index (χ0n) is 13.6. The molecule has 1 N–H and O–H groups in total. The van der Waals surface area contributed by atoms with Gasteiger partial charge in [0.15, 0.2) is 3.95 Å². The maximum absolute atomic E-state index is 10.7. The molecule has 0 radical (unpaired) electrons. The number of fused-ring (bicyclic) bond motifs is 1. The van der Waals surface area contributed by atoms with Crippen molar-refractivity contribution in [1.82, 2.24) is 4.57 Å². The maximum Gasteiger partial charge on any atom is 0.215 e. The molecule has 0 amide bonds. The lowest BCUT2D eigenvalue weighted by atomic mass is 10.1. The van der Waals surface area contributed by atoms with Crippen molar-refractivity contribution in [2.75, 3.05) is 0 Å². The molecule has 1 aliphatic heterocycles. The van der Waals surface area contributed by atoms with E-state index in [1.54, 1.807) is 4.57 Å². The average Bonchev–Trinajstić information content (AvgIpc) is 3.17. The van der Waals surface area contributed by atoms with Gasteiger partial charge in [0.05, 0.1) is 16.3 Å². The highest BCUT2D eigenvalue weighted by Gasteiger charge is 2.16. The Morgan fingerprint density at radius 1 is 1.16 bits per heavy atom. The second-order valence-corrected chi connectivity index (χ2v) is 7.46. The van der Waals surface area contributed by atoms with Gasteiger partial charge in [-0.1, -0.05) is 37.3 Å². The summed E-state index contributed by atoms with van der Waals surface area (Å²) in [5.41, 5.74) is 5.13. The standard InChI is InChI=1S/C20H16N2OS2/c1-2-13-7-9-15(10-8-13)22-19(23)18(25-20(22)24)11-14-12-21-17-6-4-3-5-16(14)17/h3-12,23H,2H2,1H3/b14-11+. The summed E-state index contributed by atoms with van der Waals surface area (Å²) in [5, 5.41) is 10.7. The number of benzene rings is 2. The molecule has 1 aromatic heterocycles. The number of hydrogen-bond acceptors (Lipinski definition) is 4. The number of nitrogens with zero attached hydrogens (tertiary/aromatic N) is 2. The van der Waals surface area contributed by atoms with Gasteiger partial charge in [-0.3, -0.25) is 9.56 Å². The lowest BCUT2D eigenvalue weighted by molar-refractivity contribution is 0.441. The summed E-state index contributed by atoms with van der Waals surface area (Å²) >= 11 is 6.88. The summed E-state index contributed by atoms with van der Waals surface area (Å²) in [6.07, 6.45) is 4.76. The maximum atomic E-state index is 10.7. The minimum atomic E-state index is 0.171. The van der Waals surface area contributed by atoms with Crippen LogP contribution >= 0.6 is 23.6 Å². The molecule has 2 aromatic carbocycles. The summed E-state index contributed by atoms with van der Waals surface area (Å²) in [6.45, 7) is 2.12. The third-order valence-electron chi connectivity index (χ3n) is 4.26. The molecule has 0 saturated heterocycles. The molecule has 0 atom stereocenters. The number of aromatic nitrogens is 1. The van der Waals surface area contributed by atoms with Crippen LogP contribution in [0.3, 0.4) is 0 Å². The molecule has 1 aliphatic rings. The molecule has 124 valence electrons. The van der Waals surface area contributed by atoms with E-state index in [9.17, 15) is 5.11 Å². The number of hydrogen-bond donors (Lipinski definition) is 1. The van der Waals surface area contributed by atoms with E-state index in [2.05, 4.69) is 24.0 Å². The SMILES string of the molecule is CCc1ccc(-n2c(O)c(/C=C3\C=Nc4ccccc43)sc2=S)cc1. The van der Waals surface area contributed by atoms with E-state index in [-0.39, 0.29) is 5.88 Å². The average molecular weight is 364 g/mol. The number of aryl methyl sites for hydroxylation is 1. The fraction of sp³-hybridized carbons (Fsp3) is 0.100. The fourth-order valence-electron chi connectivity index (χ4n) is 2.88. The van der Waals surface area contributed by atoms with E-state index in [0.29, 0.717) is 3.95 Å². The molecule has 4 rings (SSSR count). The van der Waals surface area contributed by atoms with Crippen molar-refractivity contribution in [1.29, 1.82) is 0 Å². The van der Waals surface area contributed by atoms with Crippen molar-refractivity contribution < 1.29 is 5.11 Å². The summed E-state index contributed by atoms with van der Waals surface area (Å²) in [6, 6.07) is 16.1. The predicted octanol–water partition coefficient (Wildman–Crippen LogP) is 5.79. The first-order chi connectivity index (χ1) is 12.2. The van der Waals surface area contributed by atoms with E-state index in [1.165, 1.54) is 16.9 Å². The van der Waals surface area contributed by atoms with E-state index in [0.717, 1.165) is 33.8 Å². The molecule has 0 unspecified atom stereocenters. The third kappa shape index (κ3) is 2.86. The van der Waals surface area contributed by atoms with Gasteiger partial charge in [0.1, 0.15) is 0 Å². The van der Waals surface area contributed by atoms with Crippen molar-refractivity contribution >= 4 is 47.1 Å². The second-order valence-electron chi connectivity index (χ2n) is 5.79. The van der Waals surface area contributed by atoms with Crippen LogP contribution in [-0.4, -0.2) is 15.9 Å². The van der Waals surface area contributed by atoms with Gasteiger partial charge in [0.2, 0.25) is 5.88 Å². The highest BCUT2D eigenvalue weighted by Crippen LogP contribution is 2.36. The van der Waals surface area contributed by atoms with Gasteiger partial charge in [-0.2, -0.15) is 0 Å². The number of para-hydroxylation sites is 1. The Bertz CT molecular complexity index is 1060. The van der Waals surface area contributed by atoms with Gasteiger partial charge in [-0.15, -0.1) is 11.3 Å². The topological polar surface area (TPSA) is 37.5 Å². The first-order valence-corrected chi connectivity index (χ1v) is 9.29. The lowest BCUT2D eigenvalue weighted by Crippen LogP contribution is -1.93. The molecule has 0 saturated carbocycles. The third-order valence-corrected chi connectivity index (χ3v) is 5.57. The summed E-state index contributed by atoms with van der Waals surface area (Å²) in [5.74, 6) is 0.171. The van der Waals surface area contributed by atoms with Crippen LogP contribution in [0.15, 0.2) is 53.5 Å². The highest BCUT2D eigenvalue weighted by atomic mass is 32.1. The largest absolute Gasteiger partial charge is 0.493 e. The first-order valence-electron chi connectivity index (χ1n) is 8.06. The van der Waals surface area contributed by atoms with Crippen LogP contribution in [0.2, 0.25) is 0 Å². The molecule has 5 heteroatoms. The fourth-order valence-corrected chi connectivity index (χ4v) is 4.18. The number of allylic oxidation sites excluding steroid dienone is 1. The zero-order valence-corrected chi connectivity index (χ0v) is 15.3. The molecule has 25 heavy (non-hydrogen) atoms. The van der Waals surface area contributed by atoms with E-state index in [1.807, 2.05) is 48.7 Å². The molecular weight excluding hydrogens is 348 g/mol. The molecule has 3 nitrogen and oxygen atoms in total. The Balaban J connectivity index is 1.77. The quantitative estimate of drug-likeness (QED) is 0.597. The lowest BCUT2D eigenvalue weighted by Gasteiger charge is -2.06. The van der Waals surface area contributed by atoms with Crippen LogP contribution in [0.25, 0.3) is 17.3 Å². The molecule has 0 spiro atoms. The number of aliphatic imine (C=N–C) groups is 1. The Hall–Kier alpha value is -2.50. The smallest absolute Gasteiger partial charge is 0.215 e. The van der Waals surface area contributed by atoms with Crippen LogP contribution in [0.1, 0.15) is 22.9 Å². The van der Waals surface area contributed by atoms with Crippen molar-refractivity contribution in [3.05, 3.63) is 68.5 Å². The summed E-state index contributed by atoms with van der Waals surface area (Å²) in [7, 11) is 0. The Kier molecular flexibility index (Phi) is 4.11. The molecule has 0 aliphatic carbocycles. The predicted molar refractivity (Wildman–Crippen MR) is 108 cm³/mol. The summed E-state index contributed by atoms with van der Waals surface area (Å²) in [4.78, 5) is 5.15. The van der Waals surface area contributed by atoms with Crippen molar-refractivity contribution in [3.63, 3.8) is 0 Å². The van der Waals surface area contributed by atoms with E-state index < -0.39 is 0 Å². The van der Waals surface area contributed by atoms with E-state index >= 15 is 0 Å². The van der Waals surface area contributed by atoms with Crippen LogP contribution in [0, 0.1) is 3.95 Å². The van der Waals surface area contributed by atoms with Crippen LogP contribution in [0.4, 0.5) is 5.69 Å². The highest BCUT2D eigenvalue weighted by molar-refractivity contribution is 7.73. The van der Waals surface area contributed by atoms with Gasteiger partial charge in [0, 0.05) is 17.4 Å². The number of thiazole rings is 1. The van der Waals surface area contributed by atoms with Gasteiger partial charge in [0.25, 0.3) is 0 Å². The number of aromatic hydroxyl groups is 1. The first kappa shape index (κ1) is 16.0. The van der Waals surface area contributed by atoms with Gasteiger partial charge < -0.3 is 5.11 Å². The Labute approximate surface area is 155 Å². The zero-order chi connectivity index (χ0) is 17.4. The summed E-state index contributed by atoms with van der Waals surface area (Å²) < 4.78 is 2.33. The van der Waals surface area contributed by atoms with Gasteiger partial charge >= 0.3 is 0 Å². The number of rotatable bonds is 3. The molecule has 0 fully saturated rings. The van der Waals surface area contributed by atoms with Crippen LogP contribution < -0.4 is 0 Å². The molecule has 3 aromatic rings. The van der Waals surface area contributed by atoms with Crippen LogP contribution in [-0.2, 0) is 6.42 Å². The van der Waals surface area contributed by atoms with Crippen molar-refractivity contribution in [2.45, 2.75) is 13.3 Å². The van der Waals surface area contributed by atoms with E-state index in [4.69, 9.17) is 12.2 Å². The Morgan fingerprint density at radius 3 is 2.68 bits per heavy atom. The minimum absolute atomic E-state index is 0.171. The van der Waals surface area contributed by atoms with Crippen LogP contribution in [0.5, 0.6) is 5.88 Å².